The van der Waals surface area contributed by atoms with Crippen LogP contribution < -0.4 is 0 Å². The predicted molar refractivity (Wildman–Crippen MR) is 141 cm³/mol. The van der Waals surface area contributed by atoms with E-state index in [-0.39, 0.29) is 16.9 Å². The fourth-order valence-electron chi connectivity index (χ4n) is 6.87. The van der Waals surface area contributed by atoms with Gasteiger partial charge in [-0.05, 0) is 77.8 Å². The molecule has 4 aromatic rings. The minimum atomic E-state index is -4.41. The van der Waals surface area contributed by atoms with Crippen molar-refractivity contribution < 1.29 is 8.78 Å². The Morgan fingerprint density at radius 3 is 2.09 bits per heavy atom. The Kier molecular flexibility index (Phi) is 5.65. The molecule has 0 saturated heterocycles. The molecule has 35 heavy (non-hydrogen) atoms. The van der Waals surface area contributed by atoms with Crippen molar-refractivity contribution >= 4 is 19.9 Å². The number of aromatic nitrogens is 2. The lowest BCUT2D eigenvalue weighted by molar-refractivity contribution is 0.496. The van der Waals surface area contributed by atoms with Gasteiger partial charge < -0.3 is 4.57 Å². The van der Waals surface area contributed by atoms with Crippen LogP contribution in [0.15, 0.2) is 105 Å². The second kappa shape index (κ2) is 8.21. The molecule has 0 spiro atoms. The summed E-state index contributed by atoms with van der Waals surface area (Å²) in [7, 11) is -2.44. The molecule has 0 bridgehead atoms. The van der Waals surface area contributed by atoms with Crippen molar-refractivity contribution in [1.82, 2.24) is 9.55 Å². The molecule has 1 saturated carbocycles. The summed E-state index contributed by atoms with van der Waals surface area (Å²) in [5.74, 6) is -0.627. The number of hydrogen-bond acceptors (Lipinski definition) is 1. The summed E-state index contributed by atoms with van der Waals surface area (Å²) in [5, 5.41) is 1.35. The summed E-state index contributed by atoms with van der Waals surface area (Å²) in [5.41, 5.74) is 0. The van der Waals surface area contributed by atoms with Crippen molar-refractivity contribution in [1.29, 1.82) is 0 Å². The largest absolute Gasteiger partial charge is 0.331 e. The maximum atomic E-state index is 16.5. The molecule has 0 atom stereocenters. The van der Waals surface area contributed by atoms with Crippen LogP contribution in [-0.4, -0.2) is 21.1 Å². The van der Waals surface area contributed by atoms with Gasteiger partial charge in [-0.25, -0.2) is 13.8 Å². The summed E-state index contributed by atoms with van der Waals surface area (Å²) in [4.78, 5) is 7.36. The molecular weight excluding hydrogens is 482 g/mol. The smallest absolute Gasteiger partial charge is 0.148 e. The molecule has 0 amide bonds. The lowest BCUT2D eigenvalue weighted by Gasteiger charge is -2.80. The maximum Gasteiger partial charge on any atom is 0.148 e. The normalized spacial score (nSPS) is 17.1. The average Bonchev–Trinajstić information content (AvgIpc) is 3.33. The second-order valence-corrected chi connectivity index (χ2v) is 17.1. The molecule has 1 heterocycles. The Bertz CT molecular complexity index is 1350. The second-order valence-electron chi connectivity index (χ2n) is 10.0. The predicted octanol–water partition coefficient (Wildman–Crippen LogP) is 8.73. The van der Waals surface area contributed by atoms with E-state index in [1.165, 1.54) is 18.2 Å². The van der Waals surface area contributed by atoms with E-state index in [1.807, 2.05) is 66.3 Å². The van der Waals surface area contributed by atoms with E-state index in [0.717, 1.165) is 47.1 Å². The van der Waals surface area contributed by atoms with E-state index in [9.17, 15) is 4.39 Å². The zero-order chi connectivity index (χ0) is 24.7. The highest BCUT2D eigenvalue weighted by Crippen LogP contribution is 3.07. The fourth-order valence-corrected chi connectivity index (χ4v) is 16.8. The van der Waals surface area contributed by atoms with Gasteiger partial charge >= 0.3 is 0 Å². The standard InChI is InChI=1S/C29H31ClF2N2S/c1-34-21-20-33-29(34)35(2,23-10-4-3-5-11-23,24-18-16-22(31)17-19-24,27-14-8-6-12-25(27)30)28-15-9-7-13-26(28)32/h6-9,12-21,23H,3-5,10-11H2,1-2H3. The molecule has 0 N–H and O–H groups in total. The van der Waals surface area contributed by atoms with Gasteiger partial charge in [0, 0.05) is 29.2 Å². The molecule has 5 rings (SSSR count). The molecule has 1 fully saturated rings. The van der Waals surface area contributed by atoms with E-state index in [0.29, 0.717) is 9.92 Å². The van der Waals surface area contributed by atoms with E-state index < -0.39 is 8.29 Å². The number of aryl methyl sites for hydroxylation is 1. The quantitative estimate of drug-likeness (QED) is 0.261. The monoisotopic (exact) mass is 512 g/mol. The van der Waals surface area contributed by atoms with Crippen LogP contribution in [0.4, 0.5) is 8.78 Å². The van der Waals surface area contributed by atoms with Crippen molar-refractivity contribution in [3.05, 3.63) is 102 Å². The van der Waals surface area contributed by atoms with Gasteiger partial charge in [0.1, 0.15) is 16.8 Å². The van der Waals surface area contributed by atoms with E-state index in [1.54, 1.807) is 12.3 Å². The number of rotatable bonds is 5. The van der Waals surface area contributed by atoms with Gasteiger partial charge in [-0.15, -0.1) is 0 Å². The van der Waals surface area contributed by atoms with Crippen LogP contribution >= 0.6 is 19.9 Å². The van der Waals surface area contributed by atoms with Crippen LogP contribution in [0.1, 0.15) is 32.1 Å². The zero-order valence-electron chi connectivity index (χ0n) is 20.1. The third-order valence-corrected chi connectivity index (χ3v) is 18.0. The van der Waals surface area contributed by atoms with Gasteiger partial charge in [0.15, 0.2) is 0 Å². The first-order valence-electron chi connectivity index (χ1n) is 12.1. The molecule has 1 aliphatic rings. The Morgan fingerprint density at radius 2 is 1.49 bits per heavy atom. The summed E-state index contributed by atoms with van der Waals surface area (Å²) >= 11 is 7.16. The SMILES string of the molecule is Cn1ccnc1S(C)(c1ccc(F)cc1)(c1ccccc1F)(c1ccccc1Cl)C1CCCCC1. The van der Waals surface area contributed by atoms with Crippen molar-refractivity contribution in [2.24, 2.45) is 7.05 Å². The van der Waals surface area contributed by atoms with Crippen LogP contribution in [0.25, 0.3) is 0 Å². The first kappa shape index (κ1) is 24.1. The van der Waals surface area contributed by atoms with Gasteiger partial charge in [0.25, 0.3) is 0 Å². The molecule has 184 valence electrons. The third-order valence-electron chi connectivity index (χ3n) is 8.46. The first-order valence-corrected chi connectivity index (χ1v) is 15.4. The van der Waals surface area contributed by atoms with Crippen LogP contribution in [-0.2, 0) is 7.05 Å². The van der Waals surface area contributed by atoms with E-state index in [2.05, 4.69) is 6.26 Å². The lowest BCUT2D eigenvalue weighted by Crippen LogP contribution is -2.49. The Morgan fingerprint density at radius 1 is 0.857 bits per heavy atom. The van der Waals surface area contributed by atoms with Crippen LogP contribution in [0.5, 0.6) is 0 Å². The van der Waals surface area contributed by atoms with Gasteiger partial charge in [-0.1, -0.05) is 55.1 Å². The van der Waals surface area contributed by atoms with Gasteiger partial charge in [-0.2, -0.15) is 8.29 Å². The van der Waals surface area contributed by atoms with Crippen LogP contribution in [0.3, 0.4) is 0 Å². The van der Waals surface area contributed by atoms with Crippen LogP contribution in [0, 0.1) is 11.6 Å². The van der Waals surface area contributed by atoms with Gasteiger partial charge in [0.05, 0.1) is 5.02 Å². The number of halogens is 3. The Labute approximate surface area is 210 Å². The van der Waals surface area contributed by atoms with Gasteiger partial charge in [-0.3, -0.25) is 0 Å². The molecule has 2 nitrogen and oxygen atoms in total. The van der Waals surface area contributed by atoms with Gasteiger partial charge in [0.2, 0.25) is 0 Å². The molecule has 0 radical (unpaired) electrons. The number of imidazole rings is 1. The van der Waals surface area contributed by atoms with Crippen molar-refractivity contribution in [3.8, 4) is 0 Å². The van der Waals surface area contributed by atoms with Crippen molar-refractivity contribution in [2.45, 2.75) is 57.2 Å². The topological polar surface area (TPSA) is 17.8 Å². The average molecular weight is 513 g/mol. The van der Waals surface area contributed by atoms with Crippen molar-refractivity contribution in [2.75, 3.05) is 6.26 Å². The highest BCUT2D eigenvalue weighted by Gasteiger charge is 2.71. The minimum absolute atomic E-state index is 0.00658. The lowest BCUT2D eigenvalue weighted by atomic mass is 10.0. The molecule has 3 aromatic carbocycles. The highest BCUT2D eigenvalue weighted by molar-refractivity contribution is 8.64. The fraction of sp³-hybridized carbons (Fsp3) is 0.276. The van der Waals surface area contributed by atoms with Crippen LogP contribution in [0.2, 0.25) is 5.02 Å². The summed E-state index contributed by atoms with van der Waals surface area (Å²) < 4.78 is 33.0. The molecule has 1 aromatic heterocycles. The molecule has 1 aliphatic carbocycles. The Balaban J connectivity index is 2.20. The Hall–Kier alpha value is -2.63. The minimum Gasteiger partial charge on any atom is -0.331 e. The molecule has 6 heteroatoms. The number of hydrogen-bond donors (Lipinski definition) is 0. The first-order chi connectivity index (χ1) is 16.8. The maximum absolute atomic E-state index is 16.5. The van der Waals surface area contributed by atoms with E-state index >= 15 is 4.39 Å². The highest BCUT2D eigenvalue weighted by atomic mass is 35.5. The van der Waals surface area contributed by atoms with E-state index in [4.69, 9.17) is 16.6 Å². The summed E-state index contributed by atoms with van der Waals surface area (Å²) in [6.45, 7) is 0. The zero-order valence-corrected chi connectivity index (χ0v) is 21.7. The summed E-state index contributed by atoms with van der Waals surface area (Å²) in [6.07, 6.45) is 10.9. The number of benzene rings is 3. The number of nitrogens with zero attached hydrogens (tertiary/aromatic N) is 2. The molecule has 0 aliphatic heterocycles. The van der Waals surface area contributed by atoms with Crippen molar-refractivity contribution in [3.63, 3.8) is 0 Å². The molecular formula is C29H31ClF2N2S. The summed E-state index contributed by atoms with van der Waals surface area (Å²) in [6, 6.07) is 21.5. The third kappa shape index (κ3) is 2.85. The molecule has 0 unspecified atom stereocenters.